The van der Waals surface area contributed by atoms with Crippen LogP contribution in [-0.4, -0.2) is 17.0 Å². The number of methoxy groups -OCH3 is 1. The Hall–Kier alpha value is -2.56. The van der Waals surface area contributed by atoms with E-state index in [-0.39, 0.29) is 10.6 Å². The van der Waals surface area contributed by atoms with Gasteiger partial charge < -0.3 is 9.72 Å². The number of aromatic nitrogens is 1. The van der Waals surface area contributed by atoms with Gasteiger partial charge in [0.2, 0.25) is 0 Å². The number of nitrogens with zero attached hydrogens (tertiary/aromatic N) is 1. The highest BCUT2D eigenvalue weighted by Crippen LogP contribution is 2.36. The third-order valence-electron chi connectivity index (χ3n) is 3.01. The van der Waals surface area contributed by atoms with Crippen molar-refractivity contribution < 1.29 is 9.66 Å². The number of nitro benzene ring substituents is 1. The van der Waals surface area contributed by atoms with E-state index in [1.54, 1.807) is 13.2 Å². The van der Waals surface area contributed by atoms with E-state index in [9.17, 15) is 10.1 Å². The van der Waals surface area contributed by atoms with Gasteiger partial charge >= 0.3 is 0 Å². The molecule has 0 aliphatic carbocycles. The molecule has 18 heavy (non-hydrogen) atoms. The van der Waals surface area contributed by atoms with E-state index in [1.165, 1.54) is 6.07 Å². The van der Waals surface area contributed by atoms with E-state index in [1.807, 2.05) is 24.3 Å². The Morgan fingerprint density at radius 1 is 1.22 bits per heavy atom. The molecule has 1 N–H and O–H groups in total. The first-order valence-electron chi connectivity index (χ1n) is 5.44. The average molecular weight is 242 g/mol. The highest BCUT2D eigenvalue weighted by atomic mass is 16.6. The zero-order chi connectivity index (χ0) is 12.7. The van der Waals surface area contributed by atoms with E-state index < -0.39 is 0 Å². The number of para-hydroxylation sites is 1. The molecular formula is C13H10N2O3. The smallest absolute Gasteiger partial charge is 0.293 e. The highest BCUT2D eigenvalue weighted by molar-refractivity contribution is 6.12. The number of hydrogen-bond donors (Lipinski definition) is 1. The van der Waals surface area contributed by atoms with Crippen molar-refractivity contribution in [1.29, 1.82) is 0 Å². The molecule has 0 saturated carbocycles. The Morgan fingerprint density at radius 3 is 2.72 bits per heavy atom. The molecular weight excluding hydrogens is 232 g/mol. The zero-order valence-corrected chi connectivity index (χ0v) is 9.64. The quantitative estimate of drug-likeness (QED) is 0.554. The molecule has 0 aliphatic rings. The molecule has 1 heterocycles. The number of rotatable bonds is 2. The number of benzene rings is 2. The highest BCUT2D eigenvalue weighted by Gasteiger charge is 2.17. The van der Waals surface area contributed by atoms with Gasteiger partial charge in [0, 0.05) is 16.8 Å². The third-order valence-corrected chi connectivity index (χ3v) is 3.01. The summed E-state index contributed by atoms with van der Waals surface area (Å²) in [4.78, 5) is 13.7. The van der Waals surface area contributed by atoms with Crippen molar-refractivity contribution in [1.82, 2.24) is 4.98 Å². The molecule has 5 heteroatoms. The molecule has 0 bridgehead atoms. The van der Waals surface area contributed by atoms with Crippen molar-refractivity contribution in [3.05, 3.63) is 46.5 Å². The lowest BCUT2D eigenvalue weighted by molar-refractivity contribution is -0.383. The minimum atomic E-state index is -0.385. The van der Waals surface area contributed by atoms with Gasteiger partial charge in [-0.25, -0.2) is 0 Å². The van der Waals surface area contributed by atoms with Crippen LogP contribution >= 0.6 is 0 Å². The van der Waals surface area contributed by atoms with Gasteiger partial charge in [0.05, 0.1) is 17.5 Å². The maximum Gasteiger partial charge on any atom is 0.293 e. The van der Waals surface area contributed by atoms with Crippen LogP contribution in [0.1, 0.15) is 0 Å². The Kier molecular flexibility index (Phi) is 2.19. The first kappa shape index (κ1) is 10.6. The van der Waals surface area contributed by atoms with Crippen LogP contribution in [0.25, 0.3) is 21.8 Å². The lowest BCUT2D eigenvalue weighted by atomic mass is 10.1. The van der Waals surface area contributed by atoms with Crippen molar-refractivity contribution in [2.24, 2.45) is 0 Å². The second-order valence-electron chi connectivity index (χ2n) is 3.96. The number of hydrogen-bond acceptors (Lipinski definition) is 3. The van der Waals surface area contributed by atoms with Crippen molar-refractivity contribution in [3.8, 4) is 5.75 Å². The summed E-state index contributed by atoms with van der Waals surface area (Å²) in [5.74, 6) is 0.708. The molecule has 0 aliphatic heterocycles. The maximum absolute atomic E-state index is 11.0. The Labute approximate surface area is 102 Å². The summed E-state index contributed by atoms with van der Waals surface area (Å²) in [6.45, 7) is 0. The molecule has 90 valence electrons. The van der Waals surface area contributed by atoms with Crippen LogP contribution in [-0.2, 0) is 0 Å². The van der Waals surface area contributed by atoms with Gasteiger partial charge in [-0.3, -0.25) is 10.1 Å². The second-order valence-corrected chi connectivity index (χ2v) is 3.96. The van der Waals surface area contributed by atoms with Crippen LogP contribution in [0, 0.1) is 10.1 Å². The van der Waals surface area contributed by atoms with Gasteiger partial charge in [0.15, 0.2) is 0 Å². The van der Waals surface area contributed by atoms with E-state index in [2.05, 4.69) is 4.98 Å². The van der Waals surface area contributed by atoms with Gasteiger partial charge in [-0.2, -0.15) is 0 Å². The summed E-state index contributed by atoms with van der Waals surface area (Å²) in [6, 6.07) is 10.6. The number of aromatic amines is 1. The summed E-state index contributed by atoms with van der Waals surface area (Å²) >= 11 is 0. The predicted molar refractivity (Wildman–Crippen MR) is 69.0 cm³/mol. The van der Waals surface area contributed by atoms with Crippen molar-refractivity contribution >= 4 is 27.5 Å². The van der Waals surface area contributed by atoms with Crippen LogP contribution in [0.4, 0.5) is 5.69 Å². The Bertz CT molecular complexity index is 761. The van der Waals surface area contributed by atoms with Crippen LogP contribution in [0.3, 0.4) is 0 Å². The molecule has 2 aromatic carbocycles. The molecule has 0 fully saturated rings. The molecule has 0 atom stereocenters. The normalized spacial score (nSPS) is 10.9. The van der Waals surface area contributed by atoms with Gasteiger partial charge in [-0.05, 0) is 12.1 Å². The Balaban J connectivity index is 2.52. The van der Waals surface area contributed by atoms with Crippen molar-refractivity contribution in [2.75, 3.05) is 7.11 Å². The summed E-state index contributed by atoms with van der Waals surface area (Å²) in [5.41, 5.74) is 1.44. The first-order chi connectivity index (χ1) is 8.72. The molecule has 0 unspecified atom stereocenters. The van der Waals surface area contributed by atoms with Gasteiger partial charge in [0.25, 0.3) is 5.69 Å². The van der Waals surface area contributed by atoms with Crippen LogP contribution in [0.5, 0.6) is 5.75 Å². The number of nitrogens with one attached hydrogen (secondary N) is 1. The molecule has 5 nitrogen and oxygen atoms in total. The van der Waals surface area contributed by atoms with Crippen LogP contribution in [0.2, 0.25) is 0 Å². The summed E-state index contributed by atoms with van der Waals surface area (Å²) in [6.07, 6.45) is 0. The van der Waals surface area contributed by atoms with Gasteiger partial charge in [-0.15, -0.1) is 0 Å². The largest absolute Gasteiger partial charge is 0.496 e. The molecule has 1 aromatic heterocycles. The topological polar surface area (TPSA) is 68.2 Å². The first-order valence-corrected chi connectivity index (χ1v) is 5.44. The monoisotopic (exact) mass is 242 g/mol. The zero-order valence-electron chi connectivity index (χ0n) is 9.64. The minimum absolute atomic E-state index is 0.0748. The molecule has 3 aromatic rings. The van der Waals surface area contributed by atoms with Gasteiger partial charge in [0.1, 0.15) is 11.3 Å². The number of non-ortho nitro benzene ring substituents is 1. The van der Waals surface area contributed by atoms with E-state index in [0.717, 1.165) is 16.3 Å². The summed E-state index contributed by atoms with van der Waals surface area (Å²) in [5, 5.41) is 12.7. The van der Waals surface area contributed by atoms with Crippen LogP contribution in [0.15, 0.2) is 36.4 Å². The molecule has 0 radical (unpaired) electrons. The fourth-order valence-electron chi connectivity index (χ4n) is 2.25. The fraction of sp³-hybridized carbons (Fsp3) is 0.0769. The van der Waals surface area contributed by atoms with Crippen molar-refractivity contribution in [3.63, 3.8) is 0 Å². The standard InChI is InChI=1S/C13H10N2O3/c1-18-11-7-3-5-9-12(11)8-4-2-6-10(15(16)17)13(8)14-9/h2-7,14H,1H3. The summed E-state index contributed by atoms with van der Waals surface area (Å²) in [7, 11) is 1.59. The second kappa shape index (κ2) is 3.73. The molecule has 3 rings (SSSR count). The molecule has 0 saturated heterocycles. The minimum Gasteiger partial charge on any atom is -0.496 e. The molecule has 0 amide bonds. The van der Waals surface area contributed by atoms with Crippen molar-refractivity contribution in [2.45, 2.75) is 0 Å². The van der Waals surface area contributed by atoms with E-state index in [4.69, 9.17) is 4.74 Å². The lowest BCUT2D eigenvalue weighted by Gasteiger charge is -2.01. The third kappa shape index (κ3) is 1.34. The number of H-pyrrole nitrogens is 1. The van der Waals surface area contributed by atoms with E-state index >= 15 is 0 Å². The van der Waals surface area contributed by atoms with E-state index in [0.29, 0.717) is 11.3 Å². The maximum atomic E-state index is 11.0. The number of fused-ring (bicyclic) bond motifs is 3. The number of ether oxygens (including phenoxy) is 1. The van der Waals surface area contributed by atoms with Crippen LogP contribution < -0.4 is 4.74 Å². The fourth-order valence-corrected chi connectivity index (χ4v) is 2.25. The predicted octanol–water partition coefficient (Wildman–Crippen LogP) is 3.24. The molecule has 0 spiro atoms. The van der Waals surface area contributed by atoms with Gasteiger partial charge in [-0.1, -0.05) is 18.2 Å². The average Bonchev–Trinajstić information content (AvgIpc) is 2.76. The Morgan fingerprint density at radius 2 is 2.00 bits per heavy atom. The lowest BCUT2D eigenvalue weighted by Crippen LogP contribution is -1.88. The number of nitro groups is 1. The summed E-state index contributed by atoms with van der Waals surface area (Å²) < 4.78 is 5.30. The SMILES string of the molecule is COc1cccc2[nH]c3c([N+](=O)[O-])cccc3c12.